The van der Waals surface area contributed by atoms with E-state index >= 15 is 0 Å². The molecule has 0 aromatic rings. The molecular weight excluding hydrogens is 276 g/mol. The SMILES string of the molecule is CF.CF.FCCOCC(F)(F)CCF.FCF. The largest absolute Gasteiger partial charge is 0.372 e. The second-order valence-electron chi connectivity index (χ2n) is 2.14. The standard InChI is InChI=1S/C6H10F4O.CH2F2.2CH3F/c7-2-1-6(9,10)5-11-4-3-8;2-1-3;2*1-2/h1-5H2;1H2;2*1H3. The first-order valence-corrected chi connectivity index (χ1v) is 4.49. The Morgan fingerprint density at radius 2 is 1.22 bits per heavy atom. The molecule has 116 valence electrons. The van der Waals surface area contributed by atoms with E-state index in [4.69, 9.17) is 0 Å². The van der Waals surface area contributed by atoms with Gasteiger partial charge in [0.25, 0.3) is 5.92 Å². The predicted octanol–water partition coefficient (Wildman–Crippen LogP) is 4.02. The molecule has 0 heterocycles. The maximum atomic E-state index is 12.3. The van der Waals surface area contributed by atoms with E-state index in [0.717, 1.165) is 0 Å². The van der Waals surface area contributed by atoms with Crippen molar-refractivity contribution in [3.63, 3.8) is 0 Å². The fourth-order valence-corrected chi connectivity index (χ4v) is 0.486. The molecule has 0 saturated heterocycles. The lowest BCUT2D eigenvalue weighted by Crippen LogP contribution is -2.24. The number of alkyl halides is 8. The van der Waals surface area contributed by atoms with Crippen molar-refractivity contribution in [2.24, 2.45) is 0 Å². The van der Waals surface area contributed by atoms with Crippen LogP contribution in [0.4, 0.5) is 35.1 Å². The van der Waals surface area contributed by atoms with Gasteiger partial charge in [0.1, 0.15) is 13.3 Å². The molecule has 0 fully saturated rings. The van der Waals surface area contributed by atoms with Crippen LogP contribution < -0.4 is 0 Å². The maximum Gasteiger partial charge on any atom is 0.273 e. The van der Waals surface area contributed by atoms with Crippen molar-refractivity contribution in [3.05, 3.63) is 0 Å². The van der Waals surface area contributed by atoms with E-state index in [2.05, 4.69) is 4.74 Å². The Bertz CT molecular complexity index is 115. The number of rotatable bonds is 6. The second kappa shape index (κ2) is 25.3. The molecule has 9 heteroatoms. The van der Waals surface area contributed by atoms with Crippen LogP contribution in [-0.2, 0) is 4.74 Å². The van der Waals surface area contributed by atoms with Crippen LogP contribution in [-0.4, -0.2) is 53.8 Å². The van der Waals surface area contributed by atoms with Gasteiger partial charge in [0, 0.05) is 6.42 Å². The molecule has 0 bridgehead atoms. The zero-order valence-corrected chi connectivity index (χ0v) is 10.2. The van der Waals surface area contributed by atoms with Gasteiger partial charge < -0.3 is 4.74 Å². The van der Waals surface area contributed by atoms with Crippen molar-refractivity contribution in [1.82, 2.24) is 0 Å². The smallest absolute Gasteiger partial charge is 0.273 e. The van der Waals surface area contributed by atoms with Gasteiger partial charge in [0.15, 0.2) is 0 Å². The number of hydrogen-bond donors (Lipinski definition) is 0. The van der Waals surface area contributed by atoms with E-state index in [1.807, 2.05) is 0 Å². The molecule has 18 heavy (non-hydrogen) atoms. The minimum absolute atomic E-state index is 0.359. The van der Waals surface area contributed by atoms with Gasteiger partial charge in [-0.3, -0.25) is 13.2 Å². The topological polar surface area (TPSA) is 9.23 Å². The van der Waals surface area contributed by atoms with Gasteiger partial charge in [0.05, 0.1) is 27.6 Å². The van der Waals surface area contributed by atoms with E-state index in [9.17, 15) is 35.1 Å². The summed E-state index contributed by atoms with van der Waals surface area (Å²) in [6.07, 6.45) is -0.862. The van der Waals surface area contributed by atoms with Crippen LogP contribution in [0.15, 0.2) is 0 Å². The van der Waals surface area contributed by atoms with Crippen LogP contribution in [0.3, 0.4) is 0 Å². The second-order valence-corrected chi connectivity index (χ2v) is 2.14. The van der Waals surface area contributed by atoms with Gasteiger partial charge in [-0.2, -0.15) is 0 Å². The third kappa shape index (κ3) is 36.1. The summed E-state index contributed by atoms with van der Waals surface area (Å²) in [6.45, 7) is -4.90. The maximum absolute atomic E-state index is 12.3. The molecule has 0 saturated carbocycles. The summed E-state index contributed by atoms with van der Waals surface area (Å²) in [5, 5.41) is 0. The lowest BCUT2D eigenvalue weighted by Gasteiger charge is -2.13. The summed E-state index contributed by atoms with van der Waals surface area (Å²) in [5.41, 5.74) is 0. The van der Waals surface area contributed by atoms with Crippen molar-refractivity contribution >= 4 is 0 Å². The summed E-state index contributed by atoms with van der Waals surface area (Å²) in [4.78, 5) is 0. The highest BCUT2D eigenvalue weighted by Gasteiger charge is 2.28. The predicted molar refractivity (Wildman–Crippen MR) is 53.5 cm³/mol. The molecule has 0 unspecified atom stereocenters. The molecular formula is C9H18F8O. The minimum atomic E-state index is -3.16. The zero-order valence-electron chi connectivity index (χ0n) is 10.2. The van der Waals surface area contributed by atoms with Gasteiger partial charge in [0.2, 0.25) is 6.93 Å². The van der Waals surface area contributed by atoms with Crippen LogP contribution in [0.1, 0.15) is 6.42 Å². The average molecular weight is 294 g/mol. The first kappa shape index (κ1) is 26.1. The van der Waals surface area contributed by atoms with Crippen molar-refractivity contribution < 1.29 is 39.9 Å². The molecule has 0 atom stereocenters. The summed E-state index contributed by atoms with van der Waals surface area (Å²) in [5.74, 6) is -3.16. The Kier molecular flexibility index (Phi) is 36.6. The van der Waals surface area contributed by atoms with E-state index in [-0.39, 0.29) is 6.61 Å². The molecule has 0 aliphatic heterocycles. The Balaban J connectivity index is -0.000000118. The Morgan fingerprint density at radius 1 is 0.833 bits per heavy atom. The van der Waals surface area contributed by atoms with Crippen LogP contribution in [0.5, 0.6) is 0 Å². The van der Waals surface area contributed by atoms with E-state index in [0.29, 0.717) is 14.4 Å². The Labute approximate surface area is 101 Å². The minimum Gasteiger partial charge on any atom is -0.372 e. The van der Waals surface area contributed by atoms with E-state index < -0.39 is 39.2 Å². The van der Waals surface area contributed by atoms with Crippen LogP contribution in [0, 0.1) is 0 Å². The highest BCUT2D eigenvalue weighted by molar-refractivity contribution is 4.63. The van der Waals surface area contributed by atoms with Gasteiger partial charge in [-0.05, 0) is 0 Å². The molecule has 0 N–H and O–H groups in total. The third-order valence-corrected chi connectivity index (χ3v) is 0.995. The van der Waals surface area contributed by atoms with Crippen molar-refractivity contribution in [2.75, 3.05) is 47.8 Å². The number of ether oxygens (including phenoxy) is 1. The normalized spacial score (nSPS) is 9.00. The summed E-state index contributed by atoms with van der Waals surface area (Å²) >= 11 is 0. The quantitative estimate of drug-likeness (QED) is 0.531. The molecule has 1 nitrogen and oxygen atoms in total. The van der Waals surface area contributed by atoms with E-state index in [1.165, 1.54) is 0 Å². The Hall–Kier alpha value is -0.600. The number of halogens is 8. The van der Waals surface area contributed by atoms with Gasteiger partial charge in [-0.15, -0.1) is 0 Å². The lowest BCUT2D eigenvalue weighted by atomic mass is 10.3. The van der Waals surface area contributed by atoms with E-state index in [1.54, 1.807) is 0 Å². The molecule has 0 radical (unpaired) electrons. The molecule has 0 aromatic carbocycles. The van der Waals surface area contributed by atoms with Gasteiger partial charge >= 0.3 is 0 Å². The molecule has 0 spiro atoms. The highest BCUT2D eigenvalue weighted by atomic mass is 19.3. The van der Waals surface area contributed by atoms with Gasteiger partial charge in [-0.1, -0.05) is 0 Å². The average Bonchev–Trinajstić information content (AvgIpc) is 2.35. The molecule has 0 aromatic heterocycles. The van der Waals surface area contributed by atoms with Gasteiger partial charge in [-0.25, -0.2) is 22.0 Å². The first-order chi connectivity index (χ1) is 8.54. The molecule has 0 amide bonds. The lowest BCUT2D eigenvalue weighted by molar-refractivity contribution is -0.0861. The Morgan fingerprint density at radius 3 is 1.50 bits per heavy atom. The highest BCUT2D eigenvalue weighted by Crippen LogP contribution is 2.18. The zero-order chi connectivity index (χ0) is 15.4. The van der Waals surface area contributed by atoms with Crippen molar-refractivity contribution in [3.8, 4) is 0 Å². The first-order valence-electron chi connectivity index (χ1n) is 4.49. The monoisotopic (exact) mass is 294 g/mol. The summed E-state index contributed by atoms with van der Waals surface area (Å²) in [7, 11) is 1.00. The van der Waals surface area contributed by atoms with Crippen molar-refractivity contribution in [2.45, 2.75) is 12.3 Å². The third-order valence-electron chi connectivity index (χ3n) is 0.995. The van der Waals surface area contributed by atoms with Crippen LogP contribution >= 0.6 is 0 Å². The molecule has 0 aliphatic rings. The summed E-state index contributed by atoms with van der Waals surface area (Å²) in [6, 6.07) is 0. The molecule has 0 rings (SSSR count). The molecule has 0 aliphatic carbocycles. The fourth-order valence-electron chi connectivity index (χ4n) is 0.486. The number of hydrogen-bond acceptors (Lipinski definition) is 1. The van der Waals surface area contributed by atoms with Crippen LogP contribution in [0.25, 0.3) is 0 Å². The van der Waals surface area contributed by atoms with Crippen molar-refractivity contribution in [1.29, 1.82) is 0 Å². The summed E-state index contributed by atoms with van der Waals surface area (Å²) < 4.78 is 89.7. The van der Waals surface area contributed by atoms with Crippen LogP contribution in [0.2, 0.25) is 0 Å². The fraction of sp³-hybridized carbons (Fsp3) is 1.00.